The number of amides is 1. The number of hydrogen-bond acceptors (Lipinski definition) is 4. The number of rotatable bonds is 4. The van der Waals surface area contributed by atoms with E-state index in [2.05, 4.69) is 0 Å². The molecule has 1 amide bonds. The maximum atomic E-state index is 13.7. The van der Waals surface area contributed by atoms with Crippen LogP contribution in [-0.2, 0) is 10.0 Å². The minimum absolute atomic E-state index is 0.142. The molecule has 0 aliphatic heterocycles. The topological polar surface area (TPSA) is 95.5 Å². The van der Waals surface area contributed by atoms with Crippen molar-refractivity contribution in [3.8, 4) is 5.75 Å². The summed E-state index contributed by atoms with van der Waals surface area (Å²) in [4.78, 5) is 12.8. The lowest BCUT2D eigenvalue weighted by atomic mass is 10.2. The lowest BCUT2D eigenvalue weighted by Crippen LogP contribution is -2.41. The van der Waals surface area contributed by atoms with Crippen molar-refractivity contribution < 1.29 is 22.7 Å². The molecule has 0 fully saturated rings. The summed E-state index contributed by atoms with van der Waals surface area (Å²) >= 11 is 5.51. The normalized spacial score (nSPS) is 11.2. The van der Waals surface area contributed by atoms with Gasteiger partial charge < -0.3 is 5.11 Å². The Labute approximate surface area is 130 Å². The number of phenols is 1. The lowest BCUT2D eigenvalue weighted by molar-refractivity contribution is 0.0942. The summed E-state index contributed by atoms with van der Waals surface area (Å²) in [6.07, 6.45) is 0. The molecule has 2 aromatic carbocycles. The number of nitrogens with one attached hydrogen (secondary N) is 2. The highest BCUT2D eigenvalue weighted by atomic mass is 35.5. The van der Waals surface area contributed by atoms with E-state index in [0.29, 0.717) is 0 Å². The molecule has 6 nitrogen and oxygen atoms in total. The first kappa shape index (κ1) is 16.2. The maximum absolute atomic E-state index is 13.7. The number of halogens is 2. The van der Waals surface area contributed by atoms with Crippen LogP contribution in [0.5, 0.6) is 5.75 Å². The third kappa shape index (κ3) is 3.35. The lowest BCUT2D eigenvalue weighted by Gasteiger charge is -2.10. The molecule has 116 valence electrons. The molecule has 0 spiro atoms. The Kier molecular flexibility index (Phi) is 4.65. The number of carbonyl (C=O) groups is 1. The van der Waals surface area contributed by atoms with Gasteiger partial charge in [-0.3, -0.25) is 10.2 Å². The van der Waals surface area contributed by atoms with Gasteiger partial charge in [-0.25, -0.2) is 12.8 Å². The Morgan fingerprint density at radius 1 is 1.14 bits per heavy atom. The molecule has 0 aliphatic carbocycles. The quantitative estimate of drug-likeness (QED) is 0.737. The summed E-state index contributed by atoms with van der Waals surface area (Å²) in [7, 11) is -4.35. The number of aromatic hydroxyl groups is 1. The number of benzene rings is 2. The van der Waals surface area contributed by atoms with Gasteiger partial charge in [0.25, 0.3) is 15.9 Å². The van der Waals surface area contributed by atoms with Crippen LogP contribution < -0.4 is 10.3 Å². The predicted molar refractivity (Wildman–Crippen MR) is 77.3 cm³/mol. The molecular weight excluding hydrogens is 335 g/mol. The van der Waals surface area contributed by atoms with Gasteiger partial charge in [0.1, 0.15) is 10.6 Å². The van der Waals surface area contributed by atoms with Crippen LogP contribution in [0.2, 0.25) is 5.02 Å². The second-order valence-corrected chi connectivity index (χ2v) is 6.19. The Bertz CT molecular complexity index is 827. The number of carbonyl (C=O) groups excluding carboxylic acids is 1. The second-order valence-electron chi connectivity index (χ2n) is 4.13. The zero-order chi connectivity index (χ0) is 16.3. The second kappa shape index (κ2) is 6.30. The van der Waals surface area contributed by atoms with E-state index in [1.54, 1.807) is 4.83 Å². The largest absolute Gasteiger partial charge is 0.507 e. The van der Waals surface area contributed by atoms with Crippen LogP contribution in [0.1, 0.15) is 10.4 Å². The van der Waals surface area contributed by atoms with E-state index in [0.717, 1.165) is 6.07 Å². The molecule has 9 heteroatoms. The Morgan fingerprint density at radius 3 is 2.50 bits per heavy atom. The highest BCUT2D eigenvalue weighted by Gasteiger charge is 2.22. The van der Waals surface area contributed by atoms with Crippen molar-refractivity contribution in [3.05, 3.63) is 58.9 Å². The molecule has 2 aromatic rings. The van der Waals surface area contributed by atoms with Gasteiger partial charge in [0.05, 0.1) is 10.6 Å². The molecule has 0 radical (unpaired) electrons. The zero-order valence-corrected chi connectivity index (χ0v) is 12.5. The Morgan fingerprint density at radius 2 is 1.82 bits per heavy atom. The molecule has 2 rings (SSSR count). The minimum atomic E-state index is -4.35. The van der Waals surface area contributed by atoms with E-state index in [4.69, 9.17) is 11.6 Å². The summed E-state index contributed by atoms with van der Waals surface area (Å²) in [6, 6.07) is 8.98. The number of hydrogen-bond donors (Lipinski definition) is 3. The average molecular weight is 345 g/mol. The van der Waals surface area contributed by atoms with Crippen molar-refractivity contribution in [2.45, 2.75) is 4.90 Å². The number of sulfonamides is 1. The van der Waals surface area contributed by atoms with Gasteiger partial charge >= 0.3 is 0 Å². The first-order valence-electron chi connectivity index (χ1n) is 5.87. The smallest absolute Gasteiger partial charge is 0.269 e. The first-order valence-corrected chi connectivity index (χ1v) is 7.73. The van der Waals surface area contributed by atoms with Crippen LogP contribution in [0.3, 0.4) is 0 Å². The highest BCUT2D eigenvalue weighted by molar-refractivity contribution is 7.89. The van der Waals surface area contributed by atoms with Crippen LogP contribution in [0.15, 0.2) is 47.4 Å². The SMILES string of the molecule is O=C(NNS(=O)(=O)c1cccc(Cl)c1F)c1ccccc1O. The van der Waals surface area contributed by atoms with Gasteiger partial charge in [-0.05, 0) is 24.3 Å². The maximum Gasteiger partial charge on any atom is 0.269 e. The van der Waals surface area contributed by atoms with Gasteiger partial charge in [0, 0.05) is 0 Å². The molecule has 0 aliphatic rings. The van der Waals surface area contributed by atoms with Crippen LogP contribution in [0.4, 0.5) is 4.39 Å². The molecule has 0 atom stereocenters. The van der Waals surface area contributed by atoms with Crippen molar-refractivity contribution in [3.63, 3.8) is 0 Å². The summed E-state index contributed by atoms with van der Waals surface area (Å²) in [5, 5.41) is 9.13. The highest BCUT2D eigenvalue weighted by Crippen LogP contribution is 2.21. The first-order chi connectivity index (χ1) is 10.3. The summed E-state index contributed by atoms with van der Waals surface area (Å²) in [6.45, 7) is 0. The van der Waals surface area contributed by atoms with Gasteiger partial charge in [-0.2, -0.15) is 0 Å². The van der Waals surface area contributed by atoms with Crippen molar-refractivity contribution in [1.82, 2.24) is 10.3 Å². The van der Waals surface area contributed by atoms with E-state index >= 15 is 0 Å². The number of phenolic OH excluding ortho intramolecular Hbond substituents is 1. The molecule has 0 saturated heterocycles. The third-order valence-corrected chi connectivity index (χ3v) is 4.21. The molecular formula is C13H10ClFN2O4S. The van der Waals surface area contributed by atoms with Gasteiger partial charge in [0.2, 0.25) is 0 Å². The molecule has 3 N–H and O–H groups in total. The molecule has 0 heterocycles. The Balaban J connectivity index is 2.19. The average Bonchev–Trinajstić information content (AvgIpc) is 2.48. The summed E-state index contributed by atoms with van der Waals surface area (Å²) < 4.78 is 37.6. The van der Waals surface area contributed by atoms with E-state index < -0.39 is 26.6 Å². The standard InChI is InChI=1S/C13H10ClFN2O4S/c14-9-5-3-7-11(12(9)15)22(20,21)17-16-13(19)8-4-1-2-6-10(8)18/h1-7,17-18H,(H,16,19). The van der Waals surface area contributed by atoms with Gasteiger partial charge in [0.15, 0.2) is 5.82 Å². The zero-order valence-electron chi connectivity index (χ0n) is 10.9. The van der Waals surface area contributed by atoms with E-state index in [9.17, 15) is 22.7 Å². The van der Waals surface area contributed by atoms with Crippen molar-refractivity contribution in [2.24, 2.45) is 0 Å². The number of para-hydroxylation sites is 1. The van der Waals surface area contributed by atoms with Crippen LogP contribution in [0, 0.1) is 5.82 Å². The summed E-state index contributed by atoms with van der Waals surface area (Å²) in [5.74, 6) is -2.36. The van der Waals surface area contributed by atoms with E-state index in [-0.39, 0.29) is 16.3 Å². The predicted octanol–water partition coefficient (Wildman–Crippen LogP) is 1.81. The monoisotopic (exact) mass is 344 g/mol. The van der Waals surface area contributed by atoms with Crippen LogP contribution >= 0.6 is 11.6 Å². The molecule has 0 unspecified atom stereocenters. The molecule has 0 aromatic heterocycles. The number of hydrazine groups is 1. The summed E-state index contributed by atoms with van der Waals surface area (Å²) in [5.41, 5.74) is 1.74. The van der Waals surface area contributed by atoms with Gasteiger partial charge in [-0.15, -0.1) is 4.83 Å². The van der Waals surface area contributed by atoms with Crippen molar-refractivity contribution in [1.29, 1.82) is 0 Å². The molecule has 0 bridgehead atoms. The van der Waals surface area contributed by atoms with E-state index in [1.807, 2.05) is 5.43 Å². The fourth-order valence-corrected chi connectivity index (χ4v) is 2.76. The third-order valence-electron chi connectivity index (χ3n) is 2.65. The van der Waals surface area contributed by atoms with Crippen LogP contribution in [0.25, 0.3) is 0 Å². The molecule has 22 heavy (non-hydrogen) atoms. The Hall–Kier alpha value is -2.16. The minimum Gasteiger partial charge on any atom is -0.507 e. The van der Waals surface area contributed by atoms with Gasteiger partial charge in [-0.1, -0.05) is 29.8 Å². The molecule has 0 saturated carbocycles. The van der Waals surface area contributed by atoms with E-state index in [1.165, 1.54) is 36.4 Å². The van der Waals surface area contributed by atoms with Crippen LogP contribution in [-0.4, -0.2) is 19.4 Å². The fourth-order valence-electron chi connectivity index (χ4n) is 1.59. The fraction of sp³-hybridized carbons (Fsp3) is 0. The van der Waals surface area contributed by atoms with Crippen molar-refractivity contribution >= 4 is 27.5 Å². The van der Waals surface area contributed by atoms with Crippen molar-refractivity contribution in [2.75, 3.05) is 0 Å².